The van der Waals surface area contributed by atoms with Crippen LogP contribution in [-0.2, 0) is 0 Å². The number of hydrogen-bond donors (Lipinski definition) is 1. The molecule has 1 aromatic carbocycles. The average Bonchev–Trinajstić information content (AvgIpc) is 2.69. The molecule has 0 aliphatic carbocycles. The molecule has 1 aromatic heterocycles. The molecule has 26 heavy (non-hydrogen) atoms. The van der Waals surface area contributed by atoms with Crippen molar-refractivity contribution in [1.82, 2.24) is 14.9 Å². The average molecular weight is 358 g/mol. The molecule has 1 N–H and O–H groups in total. The smallest absolute Gasteiger partial charge is 0.321 e. The summed E-state index contributed by atoms with van der Waals surface area (Å²) in [5.74, 6) is 1.22. The molecule has 1 aliphatic heterocycles. The largest absolute Gasteiger partial charge is 0.497 e. The third-order valence-corrected chi connectivity index (χ3v) is 4.19. The van der Waals surface area contributed by atoms with Crippen LogP contribution in [0.25, 0.3) is 0 Å². The number of piperidine rings is 1. The van der Waals surface area contributed by atoms with Crippen LogP contribution in [-0.4, -0.2) is 54.3 Å². The number of benzene rings is 1. The lowest BCUT2D eigenvalue weighted by Gasteiger charge is -2.31. The van der Waals surface area contributed by atoms with Crippen molar-refractivity contribution in [3.8, 4) is 17.5 Å². The van der Waals surface area contributed by atoms with Crippen LogP contribution in [0.4, 0.5) is 10.5 Å². The summed E-state index contributed by atoms with van der Waals surface area (Å²) >= 11 is 0. The van der Waals surface area contributed by atoms with E-state index in [1.807, 2.05) is 0 Å². The zero-order valence-electron chi connectivity index (χ0n) is 14.8. The van der Waals surface area contributed by atoms with Gasteiger partial charge in [0.05, 0.1) is 19.9 Å². The molecule has 3 rings (SSSR count). The van der Waals surface area contributed by atoms with Crippen LogP contribution in [0.15, 0.2) is 36.7 Å². The Morgan fingerprint density at radius 2 is 1.88 bits per heavy atom. The Morgan fingerprint density at radius 1 is 1.15 bits per heavy atom. The number of urea groups is 1. The topological polar surface area (TPSA) is 85.8 Å². The Hall–Kier alpha value is -3.03. The maximum atomic E-state index is 12.5. The molecule has 8 nitrogen and oxygen atoms in total. The van der Waals surface area contributed by atoms with E-state index in [9.17, 15) is 4.79 Å². The minimum absolute atomic E-state index is 0.0111. The summed E-state index contributed by atoms with van der Waals surface area (Å²) in [7, 11) is 3.14. The highest BCUT2D eigenvalue weighted by molar-refractivity contribution is 5.91. The van der Waals surface area contributed by atoms with Crippen LogP contribution in [0.2, 0.25) is 0 Å². The summed E-state index contributed by atoms with van der Waals surface area (Å²) in [6, 6.07) is 7.22. The highest BCUT2D eigenvalue weighted by atomic mass is 16.5. The zero-order chi connectivity index (χ0) is 18.4. The number of methoxy groups -OCH3 is 2. The van der Waals surface area contributed by atoms with E-state index >= 15 is 0 Å². The van der Waals surface area contributed by atoms with Crippen molar-refractivity contribution in [2.75, 3.05) is 32.6 Å². The molecule has 1 fully saturated rings. The molecule has 2 amide bonds. The van der Waals surface area contributed by atoms with Gasteiger partial charge >= 0.3 is 12.0 Å². The van der Waals surface area contributed by atoms with Crippen LogP contribution in [0.1, 0.15) is 12.8 Å². The van der Waals surface area contributed by atoms with E-state index < -0.39 is 0 Å². The normalized spacial score (nSPS) is 14.6. The van der Waals surface area contributed by atoms with Gasteiger partial charge in [-0.25, -0.2) is 14.8 Å². The van der Waals surface area contributed by atoms with E-state index in [0.29, 0.717) is 36.3 Å². The number of carbonyl (C=O) groups excluding carboxylic acids is 1. The molecular weight excluding hydrogens is 336 g/mol. The van der Waals surface area contributed by atoms with Crippen molar-refractivity contribution >= 4 is 11.7 Å². The number of anilines is 1. The molecule has 2 aromatic rings. The summed E-state index contributed by atoms with van der Waals surface area (Å²) < 4.78 is 16.2. The van der Waals surface area contributed by atoms with E-state index in [0.717, 1.165) is 12.8 Å². The number of carbonyl (C=O) groups is 1. The van der Waals surface area contributed by atoms with Crippen molar-refractivity contribution in [1.29, 1.82) is 0 Å². The van der Waals surface area contributed by atoms with E-state index in [4.69, 9.17) is 14.2 Å². The highest BCUT2D eigenvalue weighted by Gasteiger charge is 2.25. The van der Waals surface area contributed by atoms with Gasteiger partial charge in [0.25, 0.3) is 0 Å². The van der Waals surface area contributed by atoms with Crippen molar-refractivity contribution < 1.29 is 19.0 Å². The van der Waals surface area contributed by atoms with Gasteiger partial charge < -0.3 is 24.4 Å². The van der Waals surface area contributed by atoms with Crippen molar-refractivity contribution in [3.63, 3.8) is 0 Å². The van der Waals surface area contributed by atoms with Gasteiger partial charge in [0.2, 0.25) is 0 Å². The molecule has 2 heterocycles. The Bertz CT molecular complexity index is 733. The number of nitrogens with one attached hydrogen (secondary N) is 1. The fourth-order valence-corrected chi connectivity index (χ4v) is 2.77. The quantitative estimate of drug-likeness (QED) is 0.884. The number of nitrogens with zero attached hydrogens (tertiary/aromatic N) is 3. The second-order valence-electron chi connectivity index (χ2n) is 5.83. The maximum absolute atomic E-state index is 12.5. The first-order valence-electron chi connectivity index (χ1n) is 8.41. The molecule has 0 spiro atoms. The number of likely N-dealkylation sites (tertiary alicyclic amines) is 1. The first-order valence-corrected chi connectivity index (χ1v) is 8.41. The Labute approximate surface area is 152 Å². The van der Waals surface area contributed by atoms with E-state index in [2.05, 4.69) is 15.3 Å². The van der Waals surface area contributed by atoms with Gasteiger partial charge in [-0.3, -0.25) is 0 Å². The Morgan fingerprint density at radius 3 is 2.54 bits per heavy atom. The third kappa shape index (κ3) is 4.33. The van der Waals surface area contributed by atoms with Crippen LogP contribution in [0.5, 0.6) is 17.5 Å². The minimum Gasteiger partial charge on any atom is -0.497 e. The van der Waals surface area contributed by atoms with E-state index in [-0.39, 0.29) is 12.1 Å². The molecule has 0 radical (unpaired) electrons. The predicted octanol–water partition coefficient (Wildman–Crippen LogP) is 2.57. The monoisotopic (exact) mass is 358 g/mol. The minimum atomic E-state index is -0.164. The van der Waals surface area contributed by atoms with Crippen molar-refractivity contribution in [2.45, 2.75) is 18.9 Å². The van der Waals surface area contributed by atoms with Crippen LogP contribution >= 0.6 is 0 Å². The summed E-state index contributed by atoms with van der Waals surface area (Å²) in [5.41, 5.74) is 0.606. The summed E-state index contributed by atoms with van der Waals surface area (Å²) in [6.07, 6.45) is 4.76. The van der Waals surface area contributed by atoms with Crippen molar-refractivity contribution in [3.05, 3.63) is 36.7 Å². The van der Waals surface area contributed by atoms with E-state index in [1.54, 1.807) is 55.8 Å². The fraction of sp³-hybridized carbons (Fsp3) is 0.389. The van der Waals surface area contributed by atoms with E-state index in [1.165, 1.54) is 0 Å². The fourth-order valence-electron chi connectivity index (χ4n) is 2.77. The maximum Gasteiger partial charge on any atom is 0.321 e. The lowest BCUT2D eigenvalue weighted by molar-refractivity contribution is 0.107. The number of ether oxygens (including phenoxy) is 3. The van der Waals surface area contributed by atoms with Gasteiger partial charge in [0.15, 0.2) is 0 Å². The molecule has 0 bridgehead atoms. The van der Waals surface area contributed by atoms with Gasteiger partial charge in [-0.2, -0.15) is 0 Å². The zero-order valence-corrected chi connectivity index (χ0v) is 14.8. The van der Waals surface area contributed by atoms with Crippen molar-refractivity contribution in [2.24, 2.45) is 0 Å². The molecule has 138 valence electrons. The van der Waals surface area contributed by atoms with Crippen LogP contribution < -0.4 is 19.5 Å². The van der Waals surface area contributed by atoms with Gasteiger partial charge in [-0.05, 0) is 18.2 Å². The highest BCUT2D eigenvalue weighted by Crippen LogP contribution is 2.29. The lowest BCUT2D eigenvalue weighted by atomic mass is 10.1. The summed E-state index contributed by atoms with van der Waals surface area (Å²) in [4.78, 5) is 22.4. The predicted molar refractivity (Wildman–Crippen MR) is 95.8 cm³/mol. The number of aromatic nitrogens is 2. The van der Waals surface area contributed by atoms with Crippen LogP contribution in [0.3, 0.4) is 0 Å². The first-order chi connectivity index (χ1) is 12.7. The third-order valence-electron chi connectivity index (χ3n) is 4.19. The molecule has 0 saturated carbocycles. The molecular formula is C18H22N4O4. The first kappa shape index (κ1) is 17.8. The van der Waals surface area contributed by atoms with Gasteiger partial charge in [0.1, 0.15) is 17.6 Å². The number of rotatable bonds is 5. The SMILES string of the molecule is COc1ccc(NC(=O)N2CCC(Oc3ncccn3)CC2)c(OC)c1. The summed E-state index contributed by atoms with van der Waals surface area (Å²) in [6.45, 7) is 1.20. The Balaban J connectivity index is 1.54. The van der Waals surface area contributed by atoms with Gasteiger partial charge in [-0.15, -0.1) is 0 Å². The number of amides is 2. The molecule has 8 heteroatoms. The summed E-state index contributed by atoms with van der Waals surface area (Å²) in [5, 5.41) is 2.89. The molecule has 0 unspecified atom stereocenters. The lowest BCUT2D eigenvalue weighted by Crippen LogP contribution is -2.43. The molecule has 1 aliphatic rings. The number of hydrogen-bond acceptors (Lipinski definition) is 6. The second-order valence-corrected chi connectivity index (χ2v) is 5.83. The van der Waals surface area contributed by atoms with Crippen LogP contribution in [0, 0.1) is 0 Å². The second kappa shape index (κ2) is 8.37. The Kier molecular flexibility index (Phi) is 5.73. The van der Waals surface area contributed by atoms with Gasteiger partial charge in [0, 0.05) is 44.4 Å². The van der Waals surface area contributed by atoms with Gasteiger partial charge in [-0.1, -0.05) is 0 Å². The standard InChI is InChI=1S/C18H22N4O4/c1-24-14-4-5-15(16(12-14)25-2)21-18(23)22-10-6-13(7-11-22)26-17-19-8-3-9-20-17/h3-5,8-9,12-13H,6-7,10-11H2,1-2H3,(H,21,23). The molecule has 0 atom stereocenters. The molecule has 1 saturated heterocycles.